The molecule has 0 radical (unpaired) electrons. The van der Waals surface area contributed by atoms with Crippen molar-refractivity contribution < 1.29 is 13.2 Å². The summed E-state index contributed by atoms with van der Waals surface area (Å²) in [6.45, 7) is 1.88. The standard InChI is InChI=1S/C13H14F3N3S/c1-9(10-7-17-19(2)8-10)18-11-5-3-4-6-12(11)20-13(14,15)16/h3-9,18H,1-2H3. The van der Waals surface area contributed by atoms with E-state index in [1.165, 1.54) is 6.07 Å². The predicted octanol–water partition coefficient (Wildman–Crippen LogP) is 4.21. The van der Waals surface area contributed by atoms with Crippen molar-refractivity contribution in [2.45, 2.75) is 23.4 Å². The molecule has 20 heavy (non-hydrogen) atoms. The van der Waals surface area contributed by atoms with Crippen LogP contribution in [-0.4, -0.2) is 15.3 Å². The van der Waals surface area contributed by atoms with Gasteiger partial charge in [-0.2, -0.15) is 18.3 Å². The SMILES string of the molecule is CC(Nc1ccccc1SC(F)(F)F)c1cnn(C)c1. The van der Waals surface area contributed by atoms with Crippen LogP contribution in [0.5, 0.6) is 0 Å². The maximum absolute atomic E-state index is 12.5. The average molecular weight is 301 g/mol. The number of halogens is 3. The summed E-state index contributed by atoms with van der Waals surface area (Å²) in [4.78, 5) is 0.163. The molecule has 0 aliphatic carbocycles. The lowest BCUT2D eigenvalue weighted by molar-refractivity contribution is -0.0327. The van der Waals surface area contributed by atoms with Gasteiger partial charge in [-0.25, -0.2) is 0 Å². The van der Waals surface area contributed by atoms with Gasteiger partial charge >= 0.3 is 5.51 Å². The third kappa shape index (κ3) is 3.93. The number of aromatic nitrogens is 2. The van der Waals surface area contributed by atoms with E-state index in [1.54, 1.807) is 36.1 Å². The lowest BCUT2D eigenvalue weighted by atomic mass is 10.2. The molecule has 108 valence electrons. The Morgan fingerprint density at radius 1 is 1.30 bits per heavy atom. The molecule has 0 spiro atoms. The lowest BCUT2D eigenvalue weighted by Gasteiger charge is -2.17. The van der Waals surface area contributed by atoms with Gasteiger partial charge in [0.2, 0.25) is 0 Å². The zero-order valence-corrected chi connectivity index (χ0v) is 11.8. The second-order valence-corrected chi connectivity index (χ2v) is 5.46. The first kappa shape index (κ1) is 14.8. The molecule has 2 aromatic rings. The summed E-state index contributed by atoms with van der Waals surface area (Å²) in [5.74, 6) is 0. The van der Waals surface area contributed by atoms with Gasteiger partial charge in [-0.05, 0) is 30.8 Å². The number of para-hydroxylation sites is 1. The van der Waals surface area contributed by atoms with E-state index in [4.69, 9.17) is 0 Å². The molecule has 0 saturated heterocycles. The molecule has 0 fully saturated rings. The van der Waals surface area contributed by atoms with Crippen LogP contribution in [0.25, 0.3) is 0 Å². The first-order chi connectivity index (χ1) is 9.35. The smallest absolute Gasteiger partial charge is 0.377 e. The maximum Gasteiger partial charge on any atom is 0.446 e. The van der Waals surface area contributed by atoms with Crippen LogP contribution in [0.2, 0.25) is 0 Å². The van der Waals surface area contributed by atoms with E-state index < -0.39 is 5.51 Å². The summed E-state index contributed by atoms with van der Waals surface area (Å²) in [5, 5.41) is 7.14. The zero-order valence-electron chi connectivity index (χ0n) is 11.0. The normalized spacial score (nSPS) is 13.2. The number of rotatable bonds is 4. The molecule has 3 nitrogen and oxygen atoms in total. The highest BCUT2D eigenvalue weighted by Crippen LogP contribution is 2.41. The molecule has 1 aromatic carbocycles. The van der Waals surface area contributed by atoms with Crippen LogP contribution in [0.1, 0.15) is 18.5 Å². The molecule has 1 atom stereocenters. The number of hydrogen-bond donors (Lipinski definition) is 1. The van der Waals surface area contributed by atoms with E-state index in [1.807, 2.05) is 13.1 Å². The highest BCUT2D eigenvalue weighted by atomic mass is 32.2. The summed E-state index contributed by atoms with van der Waals surface area (Å²) in [6.07, 6.45) is 3.52. The van der Waals surface area contributed by atoms with Gasteiger partial charge in [-0.3, -0.25) is 4.68 Å². The van der Waals surface area contributed by atoms with Gasteiger partial charge in [-0.1, -0.05) is 12.1 Å². The number of nitrogens with one attached hydrogen (secondary N) is 1. The Bertz CT molecular complexity index is 580. The Morgan fingerprint density at radius 2 is 2.00 bits per heavy atom. The molecule has 0 aliphatic heterocycles. The highest BCUT2D eigenvalue weighted by Gasteiger charge is 2.30. The van der Waals surface area contributed by atoms with Crippen molar-refractivity contribution in [1.82, 2.24) is 9.78 Å². The minimum absolute atomic E-state index is 0.114. The number of aryl methyl sites for hydroxylation is 1. The number of alkyl halides is 3. The van der Waals surface area contributed by atoms with Gasteiger partial charge in [0.25, 0.3) is 0 Å². The Kier molecular flexibility index (Phi) is 4.27. The Labute approximate surface area is 119 Å². The Morgan fingerprint density at radius 3 is 2.60 bits per heavy atom. The monoisotopic (exact) mass is 301 g/mol. The topological polar surface area (TPSA) is 29.9 Å². The number of nitrogens with zero attached hydrogens (tertiary/aromatic N) is 2. The van der Waals surface area contributed by atoms with E-state index in [9.17, 15) is 13.2 Å². The largest absolute Gasteiger partial charge is 0.446 e. The molecular formula is C13H14F3N3S. The third-order valence-corrected chi connectivity index (χ3v) is 3.52. The van der Waals surface area contributed by atoms with Crippen LogP contribution in [0.4, 0.5) is 18.9 Å². The quantitative estimate of drug-likeness (QED) is 0.858. The minimum Gasteiger partial charge on any atom is -0.377 e. The molecule has 7 heteroatoms. The summed E-state index contributed by atoms with van der Waals surface area (Å²) in [7, 11) is 1.80. The first-order valence-corrected chi connectivity index (χ1v) is 6.76. The van der Waals surface area contributed by atoms with Crippen LogP contribution < -0.4 is 5.32 Å². The second-order valence-electron chi connectivity index (χ2n) is 4.36. The van der Waals surface area contributed by atoms with Crippen LogP contribution in [0.15, 0.2) is 41.6 Å². The summed E-state index contributed by atoms with van der Waals surface area (Å²) in [5.41, 5.74) is -2.92. The van der Waals surface area contributed by atoms with E-state index in [2.05, 4.69) is 10.4 Å². The third-order valence-electron chi connectivity index (χ3n) is 2.71. The summed E-state index contributed by atoms with van der Waals surface area (Å²) < 4.78 is 39.2. The van der Waals surface area contributed by atoms with Gasteiger partial charge in [-0.15, -0.1) is 0 Å². The molecule has 0 aliphatic rings. The van der Waals surface area contributed by atoms with Crippen LogP contribution in [0, 0.1) is 0 Å². The molecule has 1 aromatic heterocycles. The maximum atomic E-state index is 12.5. The van der Waals surface area contributed by atoms with Crippen molar-refractivity contribution in [1.29, 1.82) is 0 Å². The Balaban J connectivity index is 2.17. The summed E-state index contributed by atoms with van der Waals surface area (Å²) >= 11 is -0.114. The van der Waals surface area contributed by atoms with Crippen molar-refractivity contribution in [2.75, 3.05) is 5.32 Å². The first-order valence-electron chi connectivity index (χ1n) is 5.95. The van der Waals surface area contributed by atoms with Crippen molar-refractivity contribution in [3.63, 3.8) is 0 Å². The van der Waals surface area contributed by atoms with E-state index >= 15 is 0 Å². The van der Waals surface area contributed by atoms with Gasteiger partial charge in [0.05, 0.1) is 12.2 Å². The fraction of sp³-hybridized carbons (Fsp3) is 0.308. The number of benzene rings is 1. The number of anilines is 1. The van der Waals surface area contributed by atoms with Crippen molar-refractivity contribution >= 4 is 17.4 Å². The Hall–Kier alpha value is -1.63. The molecule has 0 bridgehead atoms. The van der Waals surface area contributed by atoms with E-state index in [-0.39, 0.29) is 22.7 Å². The molecular weight excluding hydrogens is 287 g/mol. The van der Waals surface area contributed by atoms with Crippen LogP contribution in [0.3, 0.4) is 0 Å². The molecule has 0 saturated carbocycles. The average Bonchev–Trinajstić information content (AvgIpc) is 2.77. The summed E-state index contributed by atoms with van der Waals surface area (Å²) in [6, 6.07) is 6.27. The number of thioether (sulfide) groups is 1. The van der Waals surface area contributed by atoms with Gasteiger partial charge in [0.1, 0.15) is 0 Å². The molecule has 1 N–H and O–H groups in total. The number of hydrogen-bond acceptors (Lipinski definition) is 3. The highest BCUT2D eigenvalue weighted by molar-refractivity contribution is 8.00. The van der Waals surface area contributed by atoms with Crippen molar-refractivity contribution in [2.24, 2.45) is 7.05 Å². The predicted molar refractivity (Wildman–Crippen MR) is 73.6 cm³/mol. The van der Waals surface area contributed by atoms with Gasteiger partial charge < -0.3 is 5.32 Å². The second kappa shape index (κ2) is 5.78. The fourth-order valence-electron chi connectivity index (χ4n) is 1.78. The molecule has 1 heterocycles. The van der Waals surface area contributed by atoms with Crippen molar-refractivity contribution in [3.8, 4) is 0 Å². The molecule has 2 rings (SSSR count). The molecule has 0 amide bonds. The van der Waals surface area contributed by atoms with Crippen LogP contribution >= 0.6 is 11.8 Å². The molecule has 1 unspecified atom stereocenters. The van der Waals surface area contributed by atoms with Gasteiger partial charge in [0.15, 0.2) is 0 Å². The minimum atomic E-state index is -4.30. The van der Waals surface area contributed by atoms with Crippen LogP contribution in [-0.2, 0) is 7.05 Å². The zero-order chi connectivity index (χ0) is 14.8. The van der Waals surface area contributed by atoms with E-state index in [0.29, 0.717) is 5.69 Å². The lowest BCUT2D eigenvalue weighted by Crippen LogP contribution is -2.08. The van der Waals surface area contributed by atoms with Gasteiger partial charge in [0, 0.05) is 29.4 Å². The van der Waals surface area contributed by atoms with Crippen molar-refractivity contribution in [3.05, 3.63) is 42.2 Å². The van der Waals surface area contributed by atoms with E-state index in [0.717, 1.165) is 5.56 Å². The fourth-order valence-corrected chi connectivity index (χ4v) is 2.41.